The van der Waals surface area contributed by atoms with Crippen molar-refractivity contribution in [2.45, 2.75) is 13.3 Å². The van der Waals surface area contributed by atoms with Gasteiger partial charge in [0.1, 0.15) is 0 Å². The van der Waals surface area contributed by atoms with Gasteiger partial charge in [-0.25, -0.2) is 0 Å². The van der Waals surface area contributed by atoms with Gasteiger partial charge in [-0.2, -0.15) is 0 Å². The molecule has 0 spiro atoms. The molecule has 0 aromatic heterocycles. The molecular formula is C15H13BrO. The van der Waals surface area contributed by atoms with Crippen LogP contribution in [0.15, 0.2) is 53.0 Å². The van der Waals surface area contributed by atoms with Crippen molar-refractivity contribution in [2.24, 2.45) is 0 Å². The SMILES string of the molecule is CCC(=O)c1ccccc1-c1cccc(Br)c1. The third-order valence-electron chi connectivity index (χ3n) is 2.68. The molecule has 0 aliphatic rings. The van der Waals surface area contributed by atoms with Crippen molar-refractivity contribution in [3.05, 3.63) is 58.6 Å². The van der Waals surface area contributed by atoms with Crippen LogP contribution in [-0.4, -0.2) is 5.78 Å². The first-order chi connectivity index (χ1) is 8.22. The summed E-state index contributed by atoms with van der Waals surface area (Å²) in [5.41, 5.74) is 2.87. The smallest absolute Gasteiger partial charge is 0.163 e. The predicted molar refractivity (Wildman–Crippen MR) is 74.2 cm³/mol. The maximum absolute atomic E-state index is 11.9. The molecule has 0 N–H and O–H groups in total. The molecule has 0 amide bonds. The Labute approximate surface area is 110 Å². The molecule has 1 nitrogen and oxygen atoms in total. The zero-order valence-corrected chi connectivity index (χ0v) is 11.2. The van der Waals surface area contributed by atoms with E-state index in [9.17, 15) is 4.79 Å². The first-order valence-electron chi connectivity index (χ1n) is 5.60. The zero-order valence-electron chi connectivity index (χ0n) is 9.61. The molecule has 0 saturated heterocycles. The minimum absolute atomic E-state index is 0.181. The Bertz CT molecular complexity index is 546. The fourth-order valence-electron chi connectivity index (χ4n) is 1.82. The van der Waals surface area contributed by atoms with Crippen molar-refractivity contribution >= 4 is 21.7 Å². The van der Waals surface area contributed by atoms with Crippen LogP contribution in [0.1, 0.15) is 23.7 Å². The lowest BCUT2D eigenvalue weighted by molar-refractivity contribution is 0.0989. The van der Waals surface area contributed by atoms with Crippen LogP contribution < -0.4 is 0 Å². The van der Waals surface area contributed by atoms with Gasteiger partial charge in [-0.3, -0.25) is 4.79 Å². The predicted octanol–water partition coefficient (Wildman–Crippen LogP) is 4.71. The van der Waals surface area contributed by atoms with Crippen LogP contribution in [0.5, 0.6) is 0 Å². The van der Waals surface area contributed by atoms with E-state index in [1.165, 1.54) is 0 Å². The van der Waals surface area contributed by atoms with Gasteiger partial charge in [-0.05, 0) is 23.3 Å². The lowest BCUT2D eigenvalue weighted by Crippen LogP contribution is -1.99. The van der Waals surface area contributed by atoms with Crippen LogP contribution in [0.2, 0.25) is 0 Å². The highest BCUT2D eigenvalue weighted by atomic mass is 79.9. The molecular weight excluding hydrogens is 276 g/mol. The second-order valence-corrected chi connectivity index (χ2v) is 4.75. The number of halogens is 1. The first-order valence-corrected chi connectivity index (χ1v) is 6.40. The fraction of sp³-hybridized carbons (Fsp3) is 0.133. The lowest BCUT2D eigenvalue weighted by Gasteiger charge is -2.08. The van der Waals surface area contributed by atoms with Gasteiger partial charge < -0.3 is 0 Å². The van der Waals surface area contributed by atoms with Crippen molar-refractivity contribution < 1.29 is 4.79 Å². The number of carbonyl (C=O) groups excluding carboxylic acids is 1. The van der Waals surface area contributed by atoms with Crippen molar-refractivity contribution in [2.75, 3.05) is 0 Å². The Morgan fingerprint density at radius 3 is 2.59 bits per heavy atom. The molecule has 0 unspecified atom stereocenters. The molecule has 17 heavy (non-hydrogen) atoms. The molecule has 2 heteroatoms. The number of Topliss-reactive ketones (excluding diaryl/α,β-unsaturated/α-hetero) is 1. The van der Waals surface area contributed by atoms with Gasteiger partial charge in [0, 0.05) is 16.5 Å². The van der Waals surface area contributed by atoms with E-state index < -0.39 is 0 Å². The summed E-state index contributed by atoms with van der Waals surface area (Å²) >= 11 is 3.45. The van der Waals surface area contributed by atoms with Crippen molar-refractivity contribution in [1.82, 2.24) is 0 Å². The molecule has 0 heterocycles. The van der Waals surface area contributed by atoms with Crippen molar-refractivity contribution in [3.8, 4) is 11.1 Å². The van der Waals surface area contributed by atoms with Gasteiger partial charge in [0.25, 0.3) is 0 Å². The van der Waals surface area contributed by atoms with Gasteiger partial charge in [0.05, 0.1) is 0 Å². The van der Waals surface area contributed by atoms with E-state index >= 15 is 0 Å². The third-order valence-corrected chi connectivity index (χ3v) is 3.18. The number of hydrogen-bond donors (Lipinski definition) is 0. The van der Waals surface area contributed by atoms with Crippen LogP contribution in [0.4, 0.5) is 0 Å². The second-order valence-electron chi connectivity index (χ2n) is 3.83. The molecule has 86 valence electrons. The van der Waals surface area contributed by atoms with Crippen LogP contribution in [0.25, 0.3) is 11.1 Å². The summed E-state index contributed by atoms with van der Waals surface area (Å²) in [6.07, 6.45) is 0.533. The Kier molecular flexibility index (Phi) is 3.75. The molecule has 2 aromatic carbocycles. The van der Waals surface area contributed by atoms with E-state index in [1.54, 1.807) is 0 Å². The second kappa shape index (κ2) is 5.28. The van der Waals surface area contributed by atoms with Crippen LogP contribution in [-0.2, 0) is 0 Å². The van der Waals surface area contributed by atoms with Gasteiger partial charge in [0.15, 0.2) is 5.78 Å². The van der Waals surface area contributed by atoms with E-state index in [1.807, 2.05) is 55.5 Å². The largest absolute Gasteiger partial charge is 0.294 e. The average molecular weight is 289 g/mol. The van der Waals surface area contributed by atoms with Crippen LogP contribution in [0, 0.1) is 0 Å². The Morgan fingerprint density at radius 2 is 1.88 bits per heavy atom. The highest BCUT2D eigenvalue weighted by Crippen LogP contribution is 2.26. The maximum Gasteiger partial charge on any atom is 0.163 e. The Hall–Kier alpha value is -1.41. The molecule has 0 fully saturated rings. The highest BCUT2D eigenvalue weighted by molar-refractivity contribution is 9.10. The topological polar surface area (TPSA) is 17.1 Å². The molecule has 2 rings (SSSR count). The van der Waals surface area contributed by atoms with Gasteiger partial charge >= 0.3 is 0 Å². The zero-order chi connectivity index (χ0) is 12.3. The standard InChI is InChI=1S/C15H13BrO/c1-2-15(17)14-9-4-3-8-13(14)11-6-5-7-12(16)10-11/h3-10H,2H2,1H3. The molecule has 0 aliphatic heterocycles. The first kappa shape index (κ1) is 12.1. The molecule has 0 aliphatic carbocycles. The summed E-state index contributed by atoms with van der Waals surface area (Å²) in [7, 11) is 0. The van der Waals surface area contributed by atoms with Crippen LogP contribution >= 0.6 is 15.9 Å². The minimum Gasteiger partial charge on any atom is -0.294 e. The summed E-state index contributed by atoms with van der Waals surface area (Å²) in [4.78, 5) is 11.9. The Balaban J connectivity index is 2.55. The van der Waals surface area contributed by atoms with Crippen molar-refractivity contribution in [1.29, 1.82) is 0 Å². The van der Waals surface area contributed by atoms with Gasteiger partial charge in [0.2, 0.25) is 0 Å². The summed E-state index contributed by atoms with van der Waals surface area (Å²) < 4.78 is 1.02. The van der Waals surface area contributed by atoms with E-state index in [0.717, 1.165) is 21.2 Å². The van der Waals surface area contributed by atoms with E-state index in [2.05, 4.69) is 15.9 Å². The fourth-order valence-corrected chi connectivity index (χ4v) is 2.22. The lowest BCUT2D eigenvalue weighted by atomic mass is 9.96. The summed E-state index contributed by atoms with van der Waals surface area (Å²) in [6.45, 7) is 1.89. The maximum atomic E-state index is 11.9. The molecule has 0 radical (unpaired) electrons. The third kappa shape index (κ3) is 2.64. The summed E-state index contributed by atoms with van der Waals surface area (Å²) in [6, 6.07) is 15.8. The number of carbonyl (C=O) groups is 1. The average Bonchev–Trinajstić information content (AvgIpc) is 2.38. The molecule has 0 atom stereocenters. The summed E-state index contributed by atoms with van der Waals surface area (Å²) in [5, 5.41) is 0. The van der Waals surface area contributed by atoms with Gasteiger partial charge in [-0.15, -0.1) is 0 Å². The molecule has 0 saturated carbocycles. The minimum atomic E-state index is 0.181. The normalized spacial score (nSPS) is 10.2. The molecule has 0 bridgehead atoms. The van der Waals surface area contributed by atoms with E-state index in [4.69, 9.17) is 0 Å². The van der Waals surface area contributed by atoms with Crippen molar-refractivity contribution in [3.63, 3.8) is 0 Å². The number of hydrogen-bond acceptors (Lipinski definition) is 1. The Morgan fingerprint density at radius 1 is 1.12 bits per heavy atom. The monoisotopic (exact) mass is 288 g/mol. The molecule has 2 aromatic rings. The number of ketones is 1. The van der Waals surface area contributed by atoms with Crippen LogP contribution in [0.3, 0.4) is 0 Å². The highest BCUT2D eigenvalue weighted by Gasteiger charge is 2.10. The number of rotatable bonds is 3. The van der Waals surface area contributed by atoms with Gasteiger partial charge in [-0.1, -0.05) is 59.3 Å². The quantitative estimate of drug-likeness (QED) is 0.748. The summed E-state index contributed by atoms with van der Waals surface area (Å²) in [5.74, 6) is 0.181. The van der Waals surface area contributed by atoms with E-state index in [0.29, 0.717) is 6.42 Å². The van der Waals surface area contributed by atoms with E-state index in [-0.39, 0.29) is 5.78 Å². The number of benzene rings is 2.